The molecule has 2 aliphatic heterocycles. The molecule has 0 fully saturated rings. The normalized spacial score (nSPS) is 14.3. The van der Waals surface area contributed by atoms with E-state index >= 15 is 0 Å². The van der Waals surface area contributed by atoms with Crippen molar-refractivity contribution in [3.63, 3.8) is 0 Å². The zero-order chi connectivity index (χ0) is 31.9. The summed E-state index contributed by atoms with van der Waals surface area (Å²) < 4.78 is 0. The number of unbranched alkanes of at least 4 members (excludes halogenated alkanes) is 5. The summed E-state index contributed by atoms with van der Waals surface area (Å²) >= 11 is 0. The summed E-state index contributed by atoms with van der Waals surface area (Å²) in [7, 11) is 0. The third kappa shape index (κ3) is 6.59. The zero-order valence-electron chi connectivity index (χ0n) is 26.4. The van der Waals surface area contributed by atoms with Crippen LogP contribution in [0.5, 0.6) is 0 Å². The minimum Gasteiger partial charge on any atom is -0.317 e. The third-order valence-corrected chi connectivity index (χ3v) is 9.14. The van der Waals surface area contributed by atoms with E-state index < -0.39 is 0 Å². The molecule has 0 unspecified atom stereocenters. The summed E-state index contributed by atoms with van der Waals surface area (Å²) in [6.07, 6.45) is 8.11. The molecule has 0 spiro atoms. The SMILES string of the molecule is O=C1c2cccc3cccc(c23)C(=O)N1CCCCCCCCNCCCNCCCN1C(=O)c2cccc3cccc(c23)C1=O. The molecule has 4 aromatic rings. The van der Waals surface area contributed by atoms with Crippen LogP contribution in [0.2, 0.25) is 0 Å². The molecule has 2 heterocycles. The van der Waals surface area contributed by atoms with Gasteiger partial charge in [0.15, 0.2) is 0 Å². The predicted octanol–water partition coefficient (Wildman–Crippen LogP) is 6.19. The Morgan fingerprint density at radius 3 is 1.20 bits per heavy atom. The lowest BCUT2D eigenvalue weighted by Crippen LogP contribution is -2.41. The van der Waals surface area contributed by atoms with Crippen molar-refractivity contribution >= 4 is 45.2 Å². The van der Waals surface area contributed by atoms with Crippen LogP contribution in [0, 0.1) is 0 Å². The van der Waals surface area contributed by atoms with E-state index in [1.165, 1.54) is 9.80 Å². The summed E-state index contributed by atoms with van der Waals surface area (Å²) in [5.41, 5.74) is 2.48. The van der Waals surface area contributed by atoms with Crippen LogP contribution in [-0.2, 0) is 0 Å². The molecule has 8 nitrogen and oxygen atoms in total. The summed E-state index contributed by atoms with van der Waals surface area (Å²) in [4.78, 5) is 54.8. The van der Waals surface area contributed by atoms with Crippen molar-refractivity contribution in [2.24, 2.45) is 0 Å². The number of hydrogen-bond acceptors (Lipinski definition) is 6. The molecule has 8 heteroatoms. The average Bonchev–Trinajstić information content (AvgIpc) is 3.08. The third-order valence-electron chi connectivity index (χ3n) is 9.14. The van der Waals surface area contributed by atoms with Crippen molar-refractivity contribution in [3.05, 3.63) is 95.1 Å². The Morgan fingerprint density at radius 2 is 0.739 bits per heavy atom. The fraction of sp³-hybridized carbons (Fsp3) is 0.368. The van der Waals surface area contributed by atoms with E-state index in [4.69, 9.17) is 0 Å². The van der Waals surface area contributed by atoms with Crippen LogP contribution in [0.4, 0.5) is 0 Å². The molecule has 0 aliphatic carbocycles. The van der Waals surface area contributed by atoms with Crippen LogP contribution in [-0.4, -0.2) is 72.7 Å². The first-order valence-corrected chi connectivity index (χ1v) is 16.7. The zero-order valence-corrected chi connectivity index (χ0v) is 26.4. The molecule has 6 rings (SSSR count). The van der Waals surface area contributed by atoms with Gasteiger partial charge in [0.2, 0.25) is 0 Å². The molecule has 0 aromatic heterocycles. The van der Waals surface area contributed by atoms with Gasteiger partial charge in [-0.25, -0.2) is 0 Å². The number of nitrogens with one attached hydrogen (secondary N) is 2. The van der Waals surface area contributed by atoms with Gasteiger partial charge in [-0.1, -0.05) is 74.2 Å². The van der Waals surface area contributed by atoms with Crippen molar-refractivity contribution in [2.75, 3.05) is 39.3 Å². The molecule has 2 aliphatic rings. The van der Waals surface area contributed by atoms with E-state index in [9.17, 15) is 19.2 Å². The fourth-order valence-corrected chi connectivity index (χ4v) is 6.74. The van der Waals surface area contributed by atoms with Gasteiger partial charge in [-0.15, -0.1) is 0 Å². The molecule has 2 N–H and O–H groups in total. The highest BCUT2D eigenvalue weighted by molar-refractivity contribution is 6.26. The second kappa shape index (κ2) is 14.8. The molecular weight excluding hydrogens is 576 g/mol. The van der Waals surface area contributed by atoms with Gasteiger partial charge < -0.3 is 10.6 Å². The molecule has 0 bridgehead atoms. The summed E-state index contributed by atoms with van der Waals surface area (Å²) in [5, 5.41) is 10.4. The van der Waals surface area contributed by atoms with Gasteiger partial charge in [-0.3, -0.25) is 29.0 Å². The molecule has 4 aromatic carbocycles. The first-order chi connectivity index (χ1) is 22.6. The lowest BCUT2D eigenvalue weighted by molar-refractivity contribution is 0.0593. The molecule has 46 heavy (non-hydrogen) atoms. The Balaban J connectivity index is 0.773. The molecule has 4 amide bonds. The second-order valence-corrected chi connectivity index (χ2v) is 12.3. The quantitative estimate of drug-likeness (QED) is 0.108. The number of nitrogens with zero attached hydrogens (tertiary/aromatic N) is 2. The number of benzene rings is 4. The standard InChI is InChI=1S/C38H42N4O4/c43-35-29-17-7-13-27-14-8-18-30(33(27)29)36(44)41(35)25-6-4-2-1-3-5-21-39-22-11-23-40-24-12-26-42-37(45)31-19-9-15-28-16-10-20-32(34(28)31)38(42)46/h7-10,13-20,39-40H,1-6,11-12,21-26H2. The maximum absolute atomic E-state index is 13.0. The maximum Gasteiger partial charge on any atom is 0.261 e. The molecule has 0 saturated heterocycles. The van der Waals surface area contributed by atoms with Crippen LogP contribution >= 0.6 is 0 Å². The monoisotopic (exact) mass is 618 g/mol. The van der Waals surface area contributed by atoms with Crippen LogP contribution in [0.3, 0.4) is 0 Å². The average molecular weight is 619 g/mol. The Kier molecular flexibility index (Phi) is 10.2. The van der Waals surface area contributed by atoms with E-state index in [1.54, 1.807) is 0 Å². The maximum atomic E-state index is 13.0. The summed E-state index contributed by atoms with van der Waals surface area (Å²) in [5.74, 6) is -0.751. The number of hydrogen-bond donors (Lipinski definition) is 2. The van der Waals surface area contributed by atoms with Gasteiger partial charge in [0, 0.05) is 46.1 Å². The minimum atomic E-state index is -0.200. The Bertz CT molecular complexity index is 1540. The number of carbonyl (C=O) groups excluding carboxylic acids is 4. The summed E-state index contributed by atoms with van der Waals surface area (Å²) in [6, 6.07) is 22.5. The Morgan fingerprint density at radius 1 is 0.391 bits per heavy atom. The van der Waals surface area contributed by atoms with E-state index in [-0.39, 0.29) is 23.6 Å². The number of rotatable bonds is 17. The highest BCUT2D eigenvalue weighted by Gasteiger charge is 2.33. The minimum absolute atomic E-state index is 0.175. The molecule has 0 radical (unpaired) electrons. The highest BCUT2D eigenvalue weighted by Crippen LogP contribution is 2.31. The number of carbonyl (C=O) groups is 4. The highest BCUT2D eigenvalue weighted by atomic mass is 16.2. The second-order valence-electron chi connectivity index (χ2n) is 12.3. The van der Waals surface area contributed by atoms with Crippen molar-refractivity contribution in [1.29, 1.82) is 0 Å². The van der Waals surface area contributed by atoms with E-state index in [2.05, 4.69) is 10.6 Å². The Hall–Kier alpha value is -4.40. The van der Waals surface area contributed by atoms with Gasteiger partial charge in [0.1, 0.15) is 0 Å². The smallest absolute Gasteiger partial charge is 0.261 e. The largest absolute Gasteiger partial charge is 0.317 e. The first-order valence-electron chi connectivity index (χ1n) is 16.7. The van der Waals surface area contributed by atoms with E-state index in [0.29, 0.717) is 35.3 Å². The van der Waals surface area contributed by atoms with E-state index in [0.717, 1.165) is 99.1 Å². The molecule has 0 atom stereocenters. The van der Waals surface area contributed by atoms with Crippen molar-refractivity contribution in [3.8, 4) is 0 Å². The molecule has 238 valence electrons. The predicted molar refractivity (Wildman–Crippen MR) is 181 cm³/mol. The fourth-order valence-electron chi connectivity index (χ4n) is 6.74. The van der Waals surface area contributed by atoms with Crippen LogP contribution in [0.25, 0.3) is 21.5 Å². The van der Waals surface area contributed by atoms with Crippen molar-refractivity contribution in [1.82, 2.24) is 20.4 Å². The van der Waals surface area contributed by atoms with Gasteiger partial charge in [0.05, 0.1) is 0 Å². The van der Waals surface area contributed by atoms with Crippen molar-refractivity contribution < 1.29 is 19.2 Å². The van der Waals surface area contributed by atoms with E-state index in [1.807, 2.05) is 72.8 Å². The van der Waals surface area contributed by atoms with Crippen LogP contribution < -0.4 is 10.6 Å². The van der Waals surface area contributed by atoms with Gasteiger partial charge >= 0.3 is 0 Å². The van der Waals surface area contributed by atoms with Crippen LogP contribution in [0.15, 0.2) is 72.8 Å². The van der Waals surface area contributed by atoms with Gasteiger partial charge in [-0.05, 0) is 86.9 Å². The molecular formula is C38H42N4O4. The number of imide groups is 2. The van der Waals surface area contributed by atoms with Crippen LogP contribution in [0.1, 0.15) is 92.8 Å². The van der Waals surface area contributed by atoms with Gasteiger partial charge in [-0.2, -0.15) is 0 Å². The lowest BCUT2D eigenvalue weighted by Gasteiger charge is -2.27. The first kappa shape index (κ1) is 31.6. The lowest BCUT2D eigenvalue weighted by atomic mass is 9.94. The number of amides is 4. The van der Waals surface area contributed by atoms with Crippen molar-refractivity contribution in [2.45, 2.75) is 51.4 Å². The topological polar surface area (TPSA) is 98.8 Å². The molecule has 0 saturated carbocycles. The Labute approximate surface area is 270 Å². The van der Waals surface area contributed by atoms with Gasteiger partial charge in [0.25, 0.3) is 23.6 Å². The summed E-state index contributed by atoms with van der Waals surface area (Å²) in [6.45, 7) is 4.47.